The van der Waals surface area contributed by atoms with Crippen molar-refractivity contribution in [3.8, 4) is 0 Å². The molecule has 0 aliphatic rings. The van der Waals surface area contributed by atoms with Crippen LogP contribution in [0, 0.1) is 6.92 Å². The molecular formula is C14H21N3O. The SMILES string of the molecule is CCNCC(c1ccc2oc(C)nc2c1)N(C)C. The van der Waals surface area contributed by atoms with Crippen molar-refractivity contribution >= 4 is 11.1 Å². The average molecular weight is 247 g/mol. The Bertz CT molecular complexity index is 519. The zero-order valence-corrected chi connectivity index (χ0v) is 11.5. The minimum absolute atomic E-state index is 0.353. The summed E-state index contributed by atoms with van der Waals surface area (Å²) >= 11 is 0. The Morgan fingerprint density at radius 2 is 2.17 bits per heavy atom. The molecule has 0 radical (unpaired) electrons. The molecule has 0 fully saturated rings. The van der Waals surface area contributed by atoms with Crippen LogP contribution in [0.25, 0.3) is 11.1 Å². The van der Waals surface area contributed by atoms with E-state index >= 15 is 0 Å². The van der Waals surface area contributed by atoms with E-state index in [2.05, 4.69) is 48.4 Å². The van der Waals surface area contributed by atoms with Gasteiger partial charge in [0.1, 0.15) is 5.52 Å². The Labute approximate surface area is 108 Å². The Kier molecular flexibility index (Phi) is 3.99. The molecule has 0 saturated carbocycles. The van der Waals surface area contributed by atoms with Crippen molar-refractivity contribution in [3.05, 3.63) is 29.7 Å². The van der Waals surface area contributed by atoms with Crippen molar-refractivity contribution in [2.45, 2.75) is 19.9 Å². The molecule has 18 heavy (non-hydrogen) atoms. The van der Waals surface area contributed by atoms with Crippen molar-refractivity contribution in [1.82, 2.24) is 15.2 Å². The smallest absolute Gasteiger partial charge is 0.192 e. The van der Waals surface area contributed by atoms with E-state index in [0.29, 0.717) is 6.04 Å². The molecule has 0 amide bonds. The van der Waals surface area contributed by atoms with Gasteiger partial charge in [0.25, 0.3) is 0 Å². The van der Waals surface area contributed by atoms with E-state index in [0.717, 1.165) is 30.1 Å². The number of aromatic nitrogens is 1. The van der Waals surface area contributed by atoms with Gasteiger partial charge >= 0.3 is 0 Å². The second kappa shape index (κ2) is 5.50. The first-order valence-corrected chi connectivity index (χ1v) is 6.36. The summed E-state index contributed by atoms with van der Waals surface area (Å²) in [6, 6.07) is 6.60. The molecule has 98 valence electrons. The van der Waals surface area contributed by atoms with Crippen molar-refractivity contribution < 1.29 is 4.42 Å². The number of oxazole rings is 1. The number of aryl methyl sites for hydroxylation is 1. The summed E-state index contributed by atoms with van der Waals surface area (Å²) in [5, 5.41) is 3.40. The third-order valence-electron chi connectivity index (χ3n) is 3.11. The maximum atomic E-state index is 5.50. The van der Waals surface area contributed by atoms with Gasteiger partial charge in [-0.15, -0.1) is 0 Å². The molecule has 4 nitrogen and oxygen atoms in total. The highest BCUT2D eigenvalue weighted by Crippen LogP contribution is 2.23. The molecule has 1 unspecified atom stereocenters. The van der Waals surface area contributed by atoms with Crippen LogP contribution in [-0.4, -0.2) is 37.1 Å². The Morgan fingerprint density at radius 3 is 2.83 bits per heavy atom. The zero-order chi connectivity index (χ0) is 13.1. The fraction of sp³-hybridized carbons (Fsp3) is 0.500. The zero-order valence-electron chi connectivity index (χ0n) is 11.5. The fourth-order valence-corrected chi connectivity index (χ4v) is 2.15. The molecule has 0 bridgehead atoms. The van der Waals surface area contributed by atoms with E-state index in [1.54, 1.807) is 0 Å². The van der Waals surface area contributed by atoms with E-state index < -0.39 is 0 Å². The van der Waals surface area contributed by atoms with Gasteiger partial charge in [0.15, 0.2) is 11.5 Å². The lowest BCUT2D eigenvalue weighted by atomic mass is 10.1. The number of likely N-dealkylation sites (N-methyl/N-ethyl adjacent to an activating group) is 2. The second-order valence-corrected chi connectivity index (χ2v) is 4.75. The third kappa shape index (κ3) is 2.71. The Balaban J connectivity index is 2.31. The highest BCUT2D eigenvalue weighted by molar-refractivity contribution is 5.73. The van der Waals surface area contributed by atoms with Crippen LogP contribution in [0.4, 0.5) is 0 Å². The Hall–Kier alpha value is -1.39. The van der Waals surface area contributed by atoms with Gasteiger partial charge < -0.3 is 14.6 Å². The molecule has 4 heteroatoms. The highest BCUT2D eigenvalue weighted by Gasteiger charge is 2.15. The Morgan fingerprint density at radius 1 is 1.39 bits per heavy atom. The summed E-state index contributed by atoms with van der Waals surface area (Å²) < 4.78 is 5.50. The standard InChI is InChI=1S/C14H21N3O/c1-5-15-9-13(17(3)4)11-6-7-14-12(8-11)16-10(2)18-14/h6-8,13,15H,5,9H2,1-4H3. The first kappa shape index (κ1) is 13.1. The molecule has 0 saturated heterocycles. The van der Waals surface area contributed by atoms with E-state index in [1.807, 2.05) is 13.0 Å². The normalized spacial score (nSPS) is 13.4. The molecule has 2 aromatic rings. The fourth-order valence-electron chi connectivity index (χ4n) is 2.15. The van der Waals surface area contributed by atoms with Crippen LogP contribution in [0.2, 0.25) is 0 Å². The van der Waals surface area contributed by atoms with Crippen molar-refractivity contribution in [2.75, 3.05) is 27.2 Å². The van der Waals surface area contributed by atoms with Gasteiger partial charge in [-0.3, -0.25) is 0 Å². The summed E-state index contributed by atoms with van der Waals surface area (Å²) in [6.45, 7) is 5.92. The average Bonchev–Trinajstić information content (AvgIpc) is 2.68. The molecule has 1 heterocycles. The number of rotatable bonds is 5. The van der Waals surface area contributed by atoms with Gasteiger partial charge in [-0.25, -0.2) is 4.98 Å². The summed E-state index contributed by atoms with van der Waals surface area (Å²) in [5.74, 6) is 0.718. The van der Waals surface area contributed by atoms with Crippen LogP contribution >= 0.6 is 0 Å². The number of fused-ring (bicyclic) bond motifs is 1. The molecule has 1 aromatic carbocycles. The second-order valence-electron chi connectivity index (χ2n) is 4.75. The van der Waals surface area contributed by atoms with Crippen LogP contribution in [-0.2, 0) is 0 Å². The van der Waals surface area contributed by atoms with Gasteiger partial charge in [-0.05, 0) is 38.3 Å². The predicted molar refractivity (Wildman–Crippen MR) is 73.7 cm³/mol. The number of hydrogen-bond donors (Lipinski definition) is 1. The summed E-state index contributed by atoms with van der Waals surface area (Å²) in [6.07, 6.45) is 0. The van der Waals surface area contributed by atoms with E-state index in [1.165, 1.54) is 5.56 Å². The van der Waals surface area contributed by atoms with Crippen LogP contribution < -0.4 is 5.32 Å². The van der Waals surface area contributed by atoms with E-state index in [4.69, 9.17) is 4.42 Å². The summed E-state index contributed by atoms with van der Waals surface area (Å²) in [5.41, 5.74) is 3.06. The van der Waals surface area contributed by atoms with Crippen LogP contribution in [0.1, 0.15) is 24.4 Å². The largest absolute Gasteiger partial charge is 0.441 e. The minimum Gasteiger partial charge on any atom is -0.441 e. The van der Waals surface area contributed by atoms with Crippen LogP contribution in [0.5, 0.6) is 0 Å². The molecule has 2 rings (SSSR count). The highest BCUT2D eigenvalue weighted by atomic mass is 16.3. The van der Waals surface area contributed by atoms with E-state index in [9.17, 15) is 0 Å². The number of nitrogens with one attached hydrogen (secondary N) is 1. The van der Waals surface area contributed by atoms with E-state index in [-0.39, 0.29) is 0 Å². The minimum atomic E-state index is 0.353. The van der Waals surface area contributed by atoms with Crippen molar-refractivity contribution in [3.63, 3.8) is 0 Å². The van der Waals surface area contributed by atoms with Crippen LogP contribution in [0.3, 0.4) is 0 Å². The van der Waals surface area contributed by atoms with Gasteiger partial charge in [-0.1, -0.05) is 13.0 Å². The summed E-state index contributed by atoms with van der Waals surface area (Å²) in [7, 11) is 4.19. The van der Waals surface area contributed by atoms with Gasteiger partial charge in [0, 0.05) is 19.5 Å². The lowest BCUT2D eigenvalue weighted by Crippen LogP contribution is -2.30. The first-order chi connectivity index (χ1) is 8.61. The number of hydrogen-bond acceptors (Lipinski definition) is 4. The molecule has 0 aliphatic heterocycles. The molecule has 0 aliphatic carbocycles. The summed E-state index contributed by atoms with van der Waals surface area (Å²) in [4.78, 5) is 6.61. The van der Waals surface area contributed by atoms with Gasteiger partial charge in [0.2, 0.25) is 0 Å². The number of benzene rings is 1. The molecule has 1 atom stereocenters. The topological polar surface area (TPSA) is 41.3 Å². The van der Waals surface area contributed by atoms with Crippen LogP contribution in [0.15, 0.2) is 22.6 Å². The monoisotopic (exact) mass is 247 g/mol. The van der Waals surface area contributed by atoms with Crippen molar-refractivity contribution in [2.24, 2.45) is 0 Å². The third-order valence-corrected chi connectivity index (χ3v) is 3.11. The number of nitrogens with zero attached hydrogens (tertiary/aromatic N) is 2. The lowest BCUT2D eigenvalue weighted by molar-refractivity contribution is 0.290. The quantitative estimate of drug-likeness (QED) is 0.880. The maximum Gasteiger partial charge on any atom is 0.192 e. The van der Waals surface area contributed by atoms with Gasteiger partial charge in [0.05, 0.1) is 0 Å². The first-order valence-electron chi connectivity index (χ1n) is 6.36. The lowest BCUT2D eigenvalue weighted by Gasteiger charge is -2.24. The predicted octanol–water partition coefficient (Wildman–Crippen LogP) is 2.35. The molecular weight excluding hydrogens is 226 g/mol. The molecule has 1 N–H and O–H groups in total. The molecule has 0 spiro atoms. The van der Waals surface area contributed by atoms with Gasteiger partial charge in [-0.2, -0.15) is 0 Å². The maximum absolute atomic E-state index is 5.50. The van der Waals surface area contributed by atoms with Crippen molar-refractivity contribution in [1.29, 1.82) is 0 Å². The molecule has 1 aromatic heterocycles.